The molecule has 0 spiro atoms. The number of aryl methyl sites for hydroxylation is 1. The highest BCUT2D eigenvalue weighted by atomic mass is 32.2. The summed E-state index contributed by atoms with van der Waals surface area (Å²) in [5.41, 5.74) is 1.85. The molecule has 1 saturated carbocycles. The maximum atomic E-state index is 15.3. The summed E-state index contributed by atoms with van der Waals surface area (Å²) < 4.78 is 44.5. The van der Waals surface area contributed by atoms with E-state index in [1.54, 1.807) is 16.7 Å². The predicted molar refractivity (Wildman–Crippen MR) is 149 cm³/mol. The first-order chi connectivity index (χ1) is 18.7. The summed E-state index contributed by atoms with van der Waals surface area (Å²) in [5, 5.41) is 9.89. The second-order valence-corrected chi connectivity index (χ2v) is 12.2. The van der Waals surface area contributed by atoms with Gasteiger partial charge in [-0.3, -0.25) is 18.5 Å². The van der Waals surface area contributed by atoms with Crippen molar-refractivity contribution < 1.29 is 17.6 Å². The van der Waals surface area contributed by atoms with E-state index in [4.69, 9.17) is 0 Å². The fraction of sp³-hybridized carbons (Fsp3) is 0.250. The van der Waals surface area contributed by atoms with Crippen molar-refractivity contribution in [3.8, 4) is 17.2 Å². The highest BCUT2D eigenvalue weighted by Crippen LogP contribution is 2.36. The molecule has 1 amide bonds. The van der Waals surface area contributed by atoms with Gasteiger partial charge in [0.1, 0.15) is 28.6 Å². The van der Waals surface area contributed by atoms with Crippen molar-refractivity contribution in [3.63, 3.8) is 0 Å². The monoisotopic (exact) mass is 564 g/mol. The molecule has 39 heavy (non-hydrogen) atoms. The number of fused-ring (bicyclic) bond motifs is 1. The summed E-state index contributed by atoms with van der Waals surface area (Å²) >= 11 is 0. The lowest BCUT2D eigenvalue weighted by atomic mass is 10.0. The number of pyridine rings is 1. The number of nitrogens with one attached hydrogen (secondary N) is 2. The van der Waals surface area contributed by atoms with E-state index in [1.807, 2.05) is 31.2 Å². The summed E-state index contributed by atoms with van der Waals surface area (Å²) in [5.74, 6) is -1.35. The van der Waals surface area contributed by atoms with Crippen LogP contribution in [0.1, 0.15) is 46.9 Å². The van der Waals surface area contributed by atoms with E-state index in [2.05, 4.69) is 9.71 Å². The molecule has 4 aromatic rings. The van der Waals surface area contributed by atoms with Crippen LogP contribution in [0.5, 0.6) is 0 Å². The van der Waals surface area contributed by atoms with Gasteiger partial charge in [0.05, 0.1) is 33.1 Å². The normalized spacial score (nSPS) is 14.6. The molecule has 2 atom stereocenters. The van der Waals surface area contributed by atoms with Gasteiger partial charge in [-0.25, -0.2) is 8.60 Å². The molecule has 2 unspecified atom stereocenters. The molecule has 1 aliphatic carbocycles. The molecule has 2 aromatic carbocycles. The van der Waals surface area contributed by atoms with Gasteiger partial charge in [0, 0.05) is 40.0 Å². The van der Waals surface area contributed by atoms with Gasteiger partial charge in [-0.15, -0.1) is 0 Å². The maximum Gasteiger partial charge on any atom is 0.280 e. The average Bonchev–Trinajstić information content (AvgIpc) is 3.73. The molecule has 0 aliphatic heterocycles. The van der Waals surface area contributed by atoms with E-state index in [0.717, 1.165) is 24.5 Å². The second kappa shape index (κ2) is 10.7. The smallest absolute Gasteiger partial charge is 0.280 e. The van der Waals surface area contributed by atoms with Crippen molar-refractivity contribution >= 4 is 38.6 Å². The molecular weight excluding hydrogens is 539 g/mol. The molecule has 8 nitrogen and oxygen atoms in total. The van der Waals surface area contributed by atoms with Crippen LogP contribution in [0.25, 0.3) is 22.0 Å². The van der Waals surface area contributed by atoms with Crippen molar-refractivity contribution in [1.82, 2.24) is 14.3 Å². The zero-order valence-electron chi connectivity index (χ0n) is 21.2. The third-order valence-electron chi connectivity index (χ3n) is 6.77. The Morgan fingerprint density at radius 3 is 2.64 bits per heavy atom. The number of nitrogens with zero attached hydrogens (tertiary/aromatic N) is 2. The summed E-state index contributed by atoms with van der Waals surface area (Å²) in [6, 6.07) is 13.1. The number of rotatable bonds is 8. The van der Waals surface area contributed by atoms with E-state index in [1.165, 1.54) is 18.5 Å². The van der Waals surface area contributed by atoms with Crippen molar-refractivity contribution in [2.75, 3.05) is 6.26 Å². The fourth-order valence-electron chi connectivity index (χ4n) is 4.63. The van der Waals surface area contributed by atoms with Gasteiger partial charge in [-0.05, 0) is 61.2 Å². The first-order valence-electron chi connectivity index (χ1n) is 12.3. The molecule has 11 heteroatoms. The van der Waals surface area contributed by atoms with Gasteiger partial charge in [0.2, 0.25) is 0 Å². The number of halogens is 1. The van der Waals surface area contributed by atoms with Crippen LogP contribution in [0.2, 0.25) is 0 Å². The van der Waals surface area contributed by atoms with Gasteiger partial charge >= 0.3 is 0 Å². The van der Waals surface area contributed by atoms with Crippen LogP contribution < -0.4 is 10.3 Å². The van der Waals surface area contributed by atoms with Crippen LogP contribution in [-0.4, -0.2) is 35.4 Å². The van der Waals surface area contributed by atoms with Crippen molar-refractivity contribution in [2.45, 2.75) is 42.9 Å². The number of carbonyl (C=O) groups excluding carboxylic acids is 1. The summed E-state index contributed by atoms with van der Waals surface area (Å²) in [7, 11) is -3.17. The Hall–Kier alpha value is -3.88. The number of nitriles is 1. The van der Waals surface area contributed by atoms with Gasteiger partial charge in [0.15, 0.2) is 0 Å². The summed E-state index contributed by atoms with van der Waals surface area (Å²) in [6.45, 7) is 1.82. The molecule has 1 fully saturated rings. The zero-order chi connectivity index (χ0) is 27.8. The van der Waals surface area contributed by atoms with Crippen LogP contribution in [0, 0.1) is 17.1 Å². The lowest BCUT2D eigenvalue weighted by Crippen LogP contribution is -2.30. The van der Waals surface area contributed by atoms with Crippen molar-refractivity contribution in [1.29, 1.82) is 5.26 Å². The fourth-order valence-corrected chi connectivity index (χ4v) is 6.36. The third-order valence-corrected chi connectivity index (χ3v) is 9.19. The minimum Gasteiger partial charge on any atom is -0.331 e. The Bertz CT molecular complexity index is 1780. The van der Waals surface area contributed by atoms with Gasteiger partial charge in [-0.1, -0.05) is 13.0 Å². The van der Waals surface area contributed by atoms with E-state index in [-0.39, 0.29) is 39.1 Å². The van der Waals surface area contributed by atoms with E-state index in [0.29, 0.717) is 22.9 Å². The third kappa shape index (κ3) is 5.10. The zero-order valence-corrected chi connectivity index (χ0v) is 22.9. The Balaban J connectivity index is 1.80. The highest BCUT2D eigenvalue weighted by Gasteiger charge is 2.33. The van der Waals surface area contributed by atoms with Crippen molar-refractivity contribution in [2.24, 2.45) is 0 Å². The molecule has 1 aliphatic rings. The Morgan fingerprint density at radius 2 is 2.00 bits per heavy atom. The van der Waals surface area contributed by atoms with Crippen LogP contribution in [0.15, 0.2) is 58.4 Å². The second-order valence-electron chi connectivity index (χ2n) is 9.36. The minimum absolute atomic E-state index is 0.0312. The van der Waals surface area contributed by atoms with Crippen LogP contribution in [-0.2, 0) is 34.8 Å². The van der Waals surface area contributed by atoms with Crippen molar-refractivity contribution in [3.05, 3.63) is 87.2 Å². The van der Waals surface area contributed by atoms with E-state index in [9.17, 15) is 23.3 Å². The minimum atomic E-state index is -1.61. The van der Waals surface area contributed by atoms with Crippen LogP contribution in [0.3, 0.4) is 0 Å². The van der Waals surface area contributed by atoms with Gasteiger partial charge in [0.25, 0.3) is 11.5 Å². The number of benzene rings is 2. The molecule has 0 bridgehead atoms. The molecule has 2 N–H and O–H groups in total. The first-order valence-corrected chi connectivity index (χ1v) is 15.1. The standard InChI is InChI=1S/C28H25FN4O4S2/c1-3-16-6-9-23-21(11-16)25(20-5-4-10-31-27(20)34)26(28(35)32-39(37)19-7-8-19)33(23)15-18-13-24(38(2)36)17(14-30)12-22(18)29/h4-6,9-13,19H,3,7-8,15H2,1-2H3,(H,31,34)(H,32,35). The number of amides is 1. The van der Waals surface area contributed by atoms with Gasteiger partial charge in [-0.2, -0.15) is 5.26 Å². The SMILES string of the molecule is CCc1ccc2c(c1)c(-c1ccc[nH]c1=O)c(C(=O)NS(=O)C1CC1)n2Cc1cc(S(C)=O)c(C#N)cc1F. The lowest BCUT2D eigenvalue weighted by molar-refractivity contribution is 0.0975. The quantitative estimate of drug-likeness (QED) is 0.336. The molecule has 2 aromatic heterocycles. The molecule has 2 heterocycles. The maximum absolute atomic E-state index is 15.3. The summed E-state index contributed by atoms with van der Waals surface area (Å²) in [6.07, 6.45) is 5.08. The Morgan fingerprint density at radius 1 is 1.23 bits per heavy atom. The lowest BCUT2D eigenvalue weighted by Gasteiger charge is -2.14. The molecule has 200 valence electrons. The highest BCUT2D eigenvalue weighted by molar-refractivity contribution is 7.84. The first kappa shape index (κ1) is 26.7. The summed E-state index contributed by atoms with van der Waals surface area (Å²) in [4.78, 5) is 29.6. The molecule has 0 saturated heterocycles. The van der Waals surface area contributed by atoms with Crippen LogP contribution >= 0.6 is 0 Å². The van der Waals surface area contributed by atoms with Crippen LogP contribution in [0.4, 0.5) is 4.39 Å². The number of hydrogen-bond acceptors (Lipinski definition) is 5. The number of H-pyrrole nitrogens is 1. The molecule has 0 radical (unpaired) electrons. The Kier molecular flexibility index (Phi) is 7.34. The number of aromatic amines is 1. The number of hydrogen-bond donors (Lipinski definition) is 2. The average molecular weight is 565 g/mol. The number of aromatic nitrogens is 2. The number of carbonyl (C=O) groups is 1. The van der Waals surface area contributed by atoms with E-state index >= 15 is 4.39 Å². The van der Waals surface area contributed by atoms with E-state index < -0.39 is 39.1 Å². The van der Waals surface area contributed by atoms with Gasteiger partial charge < -0.3 is 9.55 Å². The largest absolute Gasteiger partial charge is 0.331 e. The molecular formula is C28H25FN4O4S2. The topological polar surface area (TPSA) is 125 Å². The molecule has 5 rings (SSSR count). The Labute approximate surface area is 228 Å². The predicted octanol–water partition coefficient (Wildman–Crippen LogP) is 3.91.